The summed E-state index contributed by atoms with van der Waals surface area (Å²) in [6.45, 7) is 0. The highest BCUT2D eigenvalue weighted by atomic mass is 35.5. The first kappa shape index (κ1) is 18.3. The van der Waals surface area contributed by atoms with E-state index in [1.54, 1.807) is 6.07 Å². The van der Waals surface area contributed by atoms with Crippen LogP contribution < -0.4 is 5.32 Å². The van der Waals surface area contributed by atoms with Gasteiger partial charge in [-0.15, -0.1) is 16.4 Å². The number of carbonyl (C=O) groups excluding carboxylic acids is 1. The maximum Gasteiger partial charge on any atom is 0.230 e. The van der Waals surface area contributed by atoms with Gasteiger partial charge < -0.3 is 5.32 Å². The van der Waals surface area contributed by atoms with E-state index in [1.165, 1.54) is 22.3 Å². The van der Waals surface area contributed by atoms with Crippen LogP contribution in [-0.2, 0) is 17.6 Å². The van der Waals surface area contributed by atoms with Crippen LogP contribution in [0.25, 0.3) is 5.69 Å². The van der Waals surface area contributed by atoms with Crippen molar-refractivity contribution in [3.05, 3.63) is 81.5 Å². The molecular weight excluding hydrogens is 396 g/mol. The second-order valence-corrected chi connectivity index (χ2v) is 7.45. The zero-order valence-electron chi connectivity index (χ0n) is 14.6. The van der Waals surface area contributed by atoms with E-state index in [-0.39, 0.29) is 12.3 Å². The Kier molecular flexibility index (Phi) is 5.41. The van der Waals surface area contributed by atoms with Crippen LogP contribution in [0.1, 0.15) is 16.3 Å². The van der Waals surface area contributed by atoms with Crippen LogP contribution in [0.2, 0.25) is 5.02 Å². The van der Waals surface area contributed by atoms with E-state index < -0.39 is 0 Å². The first-order chi connectivity index (χ1) is 13.7. The van der Waals surface area contributed by atoms with Gasteiger partial charge in [0.1, 0.15) is 6.33 Å². The van der Waals surface area contributed by atoms with Gasteiger partial charge in [0.05, 0.1) is 22.8 Å². The number of aromatic nitrogens is 5. The lowest BCUT2D eigenvalue weighted by Crippen LogP contribution is -2.15. The Labute approximate surface area is 170 Å². The third kappa shape index (κ3) is 4.59. The summed E-state index contributed by atoms with van der Waals surface area (Å²) in [4.78, 5) is 16.9. The Morgan fingerprint density at radius 2 is 2.07 bits per heavy atom. The van der Waals surface area contributed by atoms with Crippen molar-refractivity contribution in [3.63, 3.8) is 0 Å². The average molecular weight is 411 g/mol. The van der Waals surface area contributed by atoms with Gasteiger partial charge in [0, 0.05) is 22.5 Å². The number of carbonyl (C=O) groups is 1. The van der Waals surface area contributed by atoms with Crippen LogP contribution in [0.3, 0.4) is 0 Å². The molecule has 0 aliphatic carbocycles. The molecule has 0 aliphatic rings. The molecule has 140 valence electrons. The van der Waals surface area contributed by atoms with Crippen LogP contribution in [0.4, 0.5) is 5.69 Å². The number of amides is 1. The standard InChI is InChI=1S/C19H15ClN6OS/c20-14-4-1-3-13(7-14)8-19-23-16(11-28-19)10-18(27)22-15-5-2-6-17(9-15)26-12-21-24-25-26/h1-7,9,11-12H,8,10H2,(H,22,27). The summed E-state index contributed by atoms with van der Waals surface area (Å²) < 4.78 is 1.53. The number of halogens is 1. The maximum absolute atomic E-state index is 12.4. The number of nitrogens with one attached hydrogen (secondary N) is 1. The van der Waals surface area contributed by atoms with E-state index in [0.717, 1.165) is 22.0 Å². The first-order valence-corrected chi connectivity index (χ1v) is 9.72. The van der Waals surface area contributed by atoms with Crippen molar-refractivity contribution in [1.82, 2.24) is 25.2 Å². The molecule has 0 saturated carbocycles. The second kappa shape index (κ2) is 8.28. The molecule has 28 heavy (non-hydrogen) atoms. The highest BCUT2D eigenvalue weighted by Crippen LogP contribution is 2.19. The Hall–Kier alpha value is -3.10. The average Bonchev–Trinajstić information content (AvgIpc) is 3.34. The summed E-state index contributed by atoms with van der Waals surface area (Å²) in [7, 11) is 0. The van der Waals surface area contributed by atoms with Gasteiger partial charge in [0.25, 0.3) is 0 Å². The predicted molar refractivity (Wildman–Crippen MR) is 108 cm³/mol. The SMILES string of the molecule is O=C(Cc1csc(Cc2cccc(Cl)c2)n1)Nc1cccc(-n2cnnn2)c1. The molecule has 2 heterocycles. The zero-order valence-corrected chi connectivity index (χ0v) is 16.2. The Bertz CT molecular complexity index is 1100. The number of hydrogen-bond donors (Lipinski definition) is 1. The van der Waals surface area contributed by atoms with Crippen molar-refractivity contribution < 1.29 is 4.79 Å². The van der Waals surface area contributed by atoms with E-state index in [0.29, 0.717) is 17.1 Å². The lowest BCUT2D eigenvalue weighted by Gasteiger charge is -2.06. The molecule has 0 fully saturated rings. The lowest BCUT2D eigenvalue weighted by atomic mass is 10.2. The largest absolute Gasteiger partial charge is 0.326 e. The van der Waals surface area contributed by atoms with Gasteiger partial charge in [-0.25, -0.2) is 9.67 Å². The van der Waals surface area contributed by atoms with Gasteiger partial charge in [-0.3, -0.25) is 4.79 Å². The predicted octanol–water partition coefficient (Wildman–Crippen LogP) is 3.54. The van der Waals surface area contributed by atoms with Crippen LogP contribution in [0, 0.1) is 0 Å². The monoisotopic (exact) mass is 410 g/mol. The van der Waals surface area contributed by atoms with Crippen molar-refractivity contribution in [1.29, 1.82) is 0 Å². The van der Waals surface area contributed by atoms with Gasteiger partial charge in [-0.1, -0.05) is 29.8 Å². The first-order valence-electron chi connectivity index (χ1n) is 8.47. The number of hydrogen-bond acceptors (Lipinski definition) is 6. The third-order valence-corrected chi connectivity index (χ3v) is 5.06. The van der Waals surface area contributed by atoms with Crippen molar-refractivity contribution >= 4 is 34.5 Å². The summed E-state index contributed by atoms with van der Waals surface area (Å²) in [5.74, 6) is -0.131. The molecule has 0 bridgehead atoms. The maximum atomic E-state index is 12.4. The van der Waals surface area contributed by atoms with Gasteiger partial charge in [0.2, 0.25) is 5.91 Å². The minimum absolute atomic E-state index is 0.131. The summed E-state index contributed by atoms with van der Waals surface area (Å²) in [5, 5.41) is 17.5. The topological polar surface area (TPSA) is 85.6 Å². The van der Waals surface area contributed by atoms with Crippen molar-refractivity contribution in [2.45, 2.75) is 12.8 Å². The Balaban J connectivity index is 1.38. The third-order valence-electron chi connectivity index (χ3n) is 3.93. The molecule has 9 heteroatoms. The van der Waals surface area contributed by atoms with Crippen molar-refractivity contribution in [2.24, 2.45) is 0 Å². The van der Waals surface area contributed by atoms with Gasteiger partial charge >= 0.3 is 0 Å². The molecule has 0 spiro atoms. The molecule has 4 rings (SSSR count). The van der Waals surface area contributed by atoms with Crippen LogP contribution in [-0.4, -0.2) is 31.1 Å². The molecule has 2 aromatic heterocycles. The van der Waals surface area contributed by atoms with Gasteiger partial charge in [-0.05, 0) is 46.3 Å². The number of tetrazole rings is 1. The highest BCUT2D eigenvalue weighted by Gasteiger charge is 2.10. The molecule has 0 unspecified atom stereocenters. The van der Waals surface area contributed by atoms with Gasteiger partial charge in [0.15, 0.2) is 0 Å². The molecule has 0 radical (unpaired) electrons. The van der Waals surface area contributed by atoms with Gasteiger partial charge in [-0.2, -0.15) is 0 Å². The number of nitrogens with zero attached hydrogens (tertiary/aromatic N) is 5. The smallest absolute Gasteiger partial charge is 0.230 e. The fraction of sp³-hybridized carbons (Fsp3) is 0.105. The number of benzene rings is 2. The van der Waals surface area contributed by atoms with E-state index in [1.807, 2.05) is 47.8 Å². The summed E-state index contributed by atoms with van der Waals surface area (Å²) in [6.07, 6.45) is 2.40. The van der Waals surface area contributed by atoms with Crippen LogP contribution in [0.5, 0.6) is 0 Å². The molecule has 4 aromatic rings. The minimum Gasteiger partial charge on any atom is -0.326 e. The second-order valence-electron chi connectivity index (χ2n) is 6.07. The number of rotatable bonds is 6. The molecule has 0 atom stereocenters. The molecule has 7 nitrogen and oxygen atoms in total. The number of anilines is 1. The number of thiazole rings is 1. The van der Waals surface area contributed by atoms with E-state index >= 15 is 0 Å². The molecule has 2 aromatic carbocycles. The Morgan fingerprint density at radius 3 is 2.89 bits per heavy atom. The van der Waals surface area contributed by atoms with E-state index in [9.17, 15) is 4.79 Å². The molecule has 1 amide bonds. The molecule has 0 aliphatic heterocycles. The summed E-state index contributed by atoms with van der Waals surface area (Å²) in [6, 6.07) is 15.0. The summed E-state index contributed by atoms with van der Waals surface area (Å²) >= 11 is 7.56. The molecule has 0 saturated heterocycles. The molecule has 1 N–H and O–H groups in total. The highest BCUT2D eigenvalue weighted by molar-refractivity contribution is 7.09. The zero-order chi connectivity index (χ0) is 19.3. The fourth-order valence-electron chi connectivity index (χ4n) is 2.71. The van der Waals surface area contributed by atoms with Crippen LogP contribution >= 0.6 is 22.9 Å². The fourth-order valence-corrected chi connectivity index (χ4v) is 3.75. The lowest BCUT2D eigenvalue weighted by molar-refractivity contribution is -0.115. The van der Waals surface area contributed by atoms with E-state index in [2.05, 4.69) is 25.8 Å². The quantitative estimate of drug-likeness (QED) is 0.525. The van der Waals surface area contributed by atoms with Crippen molar-refractivity contribution in [2.75, 3.05) is 5.32 Å². The van der Waals surface area contributed by atoms with E-state index in [4.69, 9.17) is 11.6 Å². The minimum atomic E-state index is -0.131. The summed E-state index contributed by atoms with van der Waals surface area (Å²) in [5.41, 5.74) is 3.28. The Morgan fingerprint density at radius 1 is 1.18 bits per heavy atom. The van der Waals surface area contributed by atoms with Crippen LogP contribution in [0.15, 0.2) is 60.2 Å². The normalized spacial score (nSPS) is 10.8. The van der Waals surface area contributed by atoms with Crippen molar-refractivity contribution in [3.8, 4) is 5.69 Å². The molecular formula is C19H15ClN6OS.